The van der Waals surface area contributed by atoms with E-state index in [1.807, 2.05) is 4.90 Å². The van der Waals surface area contributed by atoms with E-state index < -0.39 is 0 Å². The minimum absolute atomic E-state index is 0.0557. The molecule has 2 N–H and O–H groups in total. The number of carbonyl (C=O) groups excluding carboxylic acids is 2. The molecule has 0 aromatic heterocycles. The molecule has 2 fully saturated rings. The van der Waals surface area contributed by atoms with Gasteiger partial charge in [-0.3, -0.25) is 9.59 Å². The Morgan fingerprint density at radius 1 is 1.52 bits per heavy atom. The summed E-state index contributed by atoms with van der Waals surface area (Å²) in [7, 11) is 0. The van der Waals surface area contributed by atoms with E-state index in [1.54, 1.807) is 0 Å². The summed E-state index contributed by atoms with van der Waals surface area (Å²) in [6, 6.07) is 0.253. The number of hydrogen-bond acceptors (Lipinski definition) is 3. The molecule has 2 saturated heterocycles. The van der Waals surface area contributed by atoms with Gasteiger partial charge in [-0.25, -0.2) is 0 Å². The molecular formula is C16H29N3O2. The summed E-state index contributed by atoms with van der Waals surface area (Å²) in [6.45, 7) is 7.61. The van der Waals surface area contributed by atoms with Crippen molar-refractivity contribution in [1.82, 2.24) is 15.5 Å². The fourth-order valence-corrected chi connectivity index (χ4v) is 3.39. The van der Waals surface area contributed by atoms with Crippen molar-refractivity contribution in [1.29, 1.82) is 0 Å². The van der Waals surface area contributed by atoms with Crippen molar-refractivity contribution in [2.45, 2.75) is 52.0 Å². The molecule has 2 aliphatic rings. The average molecular weight is 295 g/mol. The maximum absolute atomic E-state index is 12.2. The van der Waals surface area contributed by atoms with Crippen LogP contribution in [-0.2, 0) is 9.59 Å². The van der Waals surface area contributed by atoms with E-state index in [1.165, 1.54) is 12.8 Å². The third kappa shape index (κ3) is 4.43. The molecule has 120 valence electrons. The van der Waals surface area contributed by atoms with Crippen molar-refractivity contribution in [2.24, 2.45) is 11.8 Å². The lowest BCUT2D eigenvalue weighted by atomic mass is 9.99. The van der Waals surface area contributed by atoms with E-state index in [0.29, 0.717) is 18.9 Å². The molecule has 3 atom stereocenters. The summed E-state index contributed by atoms with van der Waals surface area (Å²) >= 11 is 0. The highest BCUT2D eigenvalue weighted by atomic mass is 16.2. The third-order valence-electron chi connectivity index (χ3n) is 4.73. The maximum Gasteiger partial charge on any atom is 0.225 e. The zero-order valence-corrected chi connectivity index (χ0v) is 13.4. The van der Waals surface area contributed by atoms with E-state index in [0.717, 1.165) is 32.5 Å². The molecule has 21 heavy (non-hydrogen) atoms. The van der Waals surface area contributed by atoms with Crippen LogP contribution in [0.4, 0.5) is 0 Å². The SMILES string of the molecule is CCCC(C)N1CC(C(=O)NCC2CCCNC2)CC1=O. The van der Waals surface area contributed by atoms with Gasteiger partial charge in [-0.15, -0.1) is 0 Å². The number of nitrogens with one attached hydrogen (secondary N) is 2. The lowest BCUT2D eigenvalue weighted by molar-refractivity contribution is -0.130. The molecule has 2 rings (SSSR count). The van der Waals surface area contributed by atoms with Gasteiger partial charge in [0.25, 0.3) is 0 Å². The van der Waals surface area contributed by atoms with Gasteiger partial charge in [-0.1, -0.05) is 13.3 Å². The van der Waals surface area contributed by atoms with Crippen LogP contribution in [0.1, 0.15) is 46.0 Å². The van der Waals surface area contributed by atoms with Gasteiger partial charge in [-0.05, 0) is 45.2 Å². The lowest BCUT2D eigenvalue weighted by Crippen LogP contribution is -2.41. The first-order valence-corrected chi connectivity index (χ1v) is 8.39. The van der Waals surface area contributed by atoms with Gasteiger partial charge in [-0.2, -0.15) is 0 Å². The fraction of sp³-hybridized carbons (Fsp3) is 0.875. The minimum atomic E-state index is -0.159. The van der Waals surface area contributed by atoms with Crippen molar-refractivity contribution in [2.75, 3.05) is 26.2 Å². The van der Waals surface area contributed by atoms with Crippen LogP contribution >= 0.6 is 0 Å². The van der Waals surface area contributed by atoms with Crippen molar-refractivity contribution >= 4 is 11.8 Å². The molecule has 2 aliphatic heterocycles. The van der Waals surface area contributed by atoms with Crippen LogP contribution in [0.2, 0.25) is 0 Å². The number of nitrogens with zero attached hydrogens (tertiary/aromatic N) is 1. The van der Waals surface area contributed by atoms with Crippen LogP contribution in [0.5, 0.6) is 0 Å². The molecule has 0 aliphatic carbocycles. The Hall–Kier alpha value is -1.10. The molecular weight excluding hydrogens is 266 g/mol. The van der Waals surface area contributed by atoms with Crippen LogP contribution in [-0.4, -0.2) is 48.9 Å². The lowest BCUT2D eigenvalue weighted by Gasteiger charge is -2.25. The highest BCUT2D eigenvalue weighted by molar-refractivity contribution is 5.89. The third-order valence-corrected chi connectivity index (χ3v) is 4.73. The highest BCUT2D eigenvalue weighted by Crippen LogP contribution is 2.22. The zero-order valence-electron chi connectivity index (χ0n) is 13.4. The van der Waals surface area contributed by atoms with E-state index in [9.17, 15) is 9.59 Å². The van der Waals surface area contributed by atoms with Crippen LogP contribution in [0.25, 0.3) is 0 Å². The Morgan fingerprint density at radius 2 is 2.33 bits per heavy atom. The van der Waals surface area contributed by atoms with Crippen LogP contribution in [0.15, 0.2) is 0 Å². The minimum Gasteiger partial charge on any atom is -0.355 e. The Bertz CT molecular complexity index is 367. The second-order valence-electron chi connectivity index (χ2n) is 6.54. The van der Waals surface area contributed by atoms with Gasteiger partial charge in [0.2, 0.25) is 11.8 Å². The Morgan fingerprint density at radius 3 is 3.00 bits per heavy atom. The summed E-state index contributed by atoms with van der Waals surface area (Å²) in [5.74, 6) is 0.568. The molecule has 2 amide bonds. The molecule has 5 nitrogen and oxygen atoms in total. The molecule has 0 aromatic rings. The Labute approximate surface area is 127 Å². The van der Waals surface area contributed by atoms with Gasteiger partial charge in [0.1, 0.15) is 0 Å². The number of rotatable bonds is 6. The molecule has 0 aromatic carbocycles. The van der Waals surface area contributed by atoms with Crippen molar-refractivity contribution in [3.05, 3.63) is 0 Å². The monoisotopic (exact) mass is 295 g/mol. The first-order chi connectivity index (χ1) is 10.1. The number of hydrogen-bond donors (Lipinski definition) is 2. The number of carbonyl (C=O) groups is 2. The molecule has 0 spiro atoms. The summed E-state index contributed by atoms with van der Waals surface area (Å²) in [6.07, 6.45) is 4.81. The van der Waals surface area contributed by atoms with E-state index in [4.69, 9.17) is 0 Å². The first-order valence-electron chi connectivity index (χ1n) is 8.39. The van der Waals surface area contributed by atoms with Gasteiger partial charge < -0.3 is 15.5 Å². The molecule has 0 bridgehead atoms. The second kappa shape index (κ2) is 7.78. The largest absolute Gasteiger partial charge is 0.355 e. The van der Waals surface area contributed by atoms with Crippen molar-refractivity contribution < 1.29 is 9.59 Å². The summed E-state index contributed by atoms with van der Waals surface area (Å²) in [4.78, 5) is 26.2. The number of likely N-dealkylation sites (tertiary alicyclic amines) is 1. The highest BCUT2D eigenvalue weighted by Gasteiger charge is 2.36. The Balaban J connectivity index is 1.76. The van der Waals surface area contributed by atoms with Gasteiger partial charge in [0, 0.05) is 25.6 Å². The predicted molar refractivity (Wildman–Crippen MR) is 82.8 cm³/mol. The van der Waals surface area contributed by atoms with E-state index in [2.05, 4.69) is 24.5 Å². The van der Waals surface area contributed by atoms with Gasteiger partial charge in [0.15, 0.2) is 0 Å². The Kier molecular flexibility index (Phi) is 6.03. The summed E-state index contributed by atoms with van der Waals surface area (Å²) in [5, 5.41) is 6.41. The molecule has 2 heterocycles. The summed E-state index contributed by atoms with van der Waals surface area (Å²) < 4.78 is 0. The number of piperidine rings is 1. The quantitative estimate of drug-likeness (QED) is 0.772. The van der Waals surface area contributed by atoms with Crippen molar-refractivity contribution in [3.8, 4) is 0 Å². The first kappa shape index (κ1) is 16.3. The average Bonchev–Trinajstić information content (AvgIpc) is 2.88. The molecule has 0 saturated carbocycles. The molecule has 0 radical (unpaired) electrons. The maximum atomic E-state index is 12.2. The normalized spacial score (nSPS) is 27.7. The van der Waals surface area contributed by atoms with Crippen molar-refractivity contribution in [3.63, 3.8) is 0 Å². The second-order valence-corrected chi connectivity index (χ2v) is 6.54. The zero-order chi connectivity index (χ0) is 15.2. The van der Waals surface area contributed by atoms with Crippen LogP contribution < -0.4 is 10.6 Å². The smallest absolute Gasteiger partial charge is 0.225 e. The van der Waals surface area contributed by atoms with Gasteiger partial charge >= 0.3 is 0 Å². The van der Waals surface area contributed by atoms with E-state index in [-0.39, 0.29) is 23.8 Å². The van der Waals surface area contributed by atoms with Gasteiger partial charge in [0.05, 0.1) is 5.92 Å². The molecule has 5 heteroatoms. The summed E-state index contributed by atoms with van der Waals surface area (Å²) in [5.41, 5.74) is 0. The standard InChI is InChI=1S/C16H29N3O2/c1-3-5-12(2)19-11-14(8-15(19)20)16(21)18-10-13-6-4-7-17-9-13/h12-14,17H,3-11H2,1-2H3,(H,18,21). The number of amides is 2. The van der Waals surface area contributed by atoms with E-state index >= 15 is 0 Å². The topological polar surface area (TPSA) is 61.4 Å². The molecule has 3 unspecified atom stereocenters. The fourth-order valence-electron chi connectivity index (χ4n) is 3.39. The van der Waals surface area contributed by atoms with Crippen LogP contribution in [0.3, 0.4) is 0 Å². The predicted octanol–water partition coefficient (Wildman–Crippen LogP) is 1.14. The van der Waals surface area contributed by atoms with Crippen LogP contribution in [0, 0.1) is 11.8 Å².